The number of fused-ring (bicyclic) bond motifs is 1. The van der Waals surface area contributed by atoms with E-state index in [4.69, 9.17) is 16.9 Å². The number of aliphatic hydroxyl groups is 1. The van der Waals surface area contributed by atoms with E-state index in [1.165, 1.54) is 13.0 Å². The molecule has 1 atom stereocenters. The number of halogens is 2. The number of aliphatic hydroxyl groups excluding tert-OH is 1. The molecule has 0 saturated carbocycles. The summed E-state index contributed by atoms with van der Waals surface area (Å²) < 4.78 is 0. The highest BCUT2D eigenvalue weighted by Gasteiger charge is 2.30. The third-order valence-electron chi connectivity index (χ3n) is 6.69. The number of hydrogen-bond acceptors (Lipinski definition) is 7. The number of primary amides is 1. The van der Waals surface area contributed by atoms with Gasteiger partial charge in [0.15, 0.2) is 0 Å². The minimum Gasteiger partial charge on any atom is -0.507 e. The van der Waals surface area contributed by atoms with Crippen LogP contribution in [-0.2, 0) is 21.5 Å². The lowest BCUT2D eigenvalue weighted by Gasteiger charge is -2.24. The van der Waals surface area contributed by atoms with Crippen molar-refractivity contribution in [1.29, 1.82) is 5.41 Å². The maximum absolute atomic E-state index is 12.4. The van der Waals surface area contributed by atoms with Crippen LogP contribution in [0.5, 0.6) is 11.5 Å². The van der Waals surface area contributed by atoms with Crippen LogP contribution in [0, 0.1) is 5.41 Å². The van der Waals surface area contributed by atoms with Gasteiger partial charge in [0.05, 0.1) is 22.0 Å². The number of phenols is 2. The van der Waals surface area contributed by atoms with E-state index in [9.17, 15) is 24.9 Å². The Morgan fingerprint density at radius 1 is 1.02 bits per heavy atom. The maximum Gasteiger partial charge on any atom is 0.248 e. The van der Waals surface area contributed by atoms with Crippen molar-refractivity contribution in [2.45, 2.75) is 38.8 Å². The molecule has 0 unspecified atom stereocenters. The van der Waals surface area contributed by atoms with Gasteiger partial charge >= 0.3 is 0 Å². The molecule has 13 heteroatoms. The number of aromatic nitrogens is 2. The average Bonchev–Trinajstić information content (AvgIpc) is 3.31. The molecule has 3 aromatic carbocycles. The minimum absolute atomic E-state index is 0. The van der Waals surface area contributed by atoms with Crippen molar-refractivity contribution < 1.29 is 24.9 Å². The first-order chi connectivity index (χ1) is 18.3. The highest BCUT2D eigenvalue weighted by molar-refractivity contribution is 5.98. The van der Waals surface area contributed by atoms with Crippen molar-refractivity contribution >= 4 is 53.5 Å². The number of amides is 2. The van der Waals surface area contributed by atoms with Gasteiger partial charge in [0.25, 0.3) is 0 Å². The number of nitrogens with zero attached hydrogens (tertiary/aromatic N) is 1. The summed E-state index contributed by atoms with van der Waals surface area (Å²) in [6, 6.07) is 12.8. The van der Waals surface area contributed by atoms with Gasteiger partial charge in [-0.2, -0.15) is 0 Å². The molecule has 4 aromatic rings. The fourth-order valence-corrected chi connectivity index (χ4v) is 4.07. The Morgan fingerprint density at radius 2 is 1.68 bits per heavy atom. The molecule has 0 fully saturated rings. The summed E-state index contributed by atoms with van der Waals surface area (Å²) in [7, 11) is 0. The van der Waals surface area contributed by atoms with Crippen molar-refractivity contribution in [2.75, 3.05) is 0 Å². The number of hydrogen-bond donors (Lipinski definition) is 8. The minimum atomic E-state index is -1.18. The van der Waals surface area contributed by atoms with Crippen LogP contribution >= 0.6 is 24.8 Å². The summed E-state index contributed by atoms with van der Waals surface area (Å²) in [5.74, 6) is -1.34. The molecule has 41 heavy (non-hydrogen) atoms. The lowest BCUT2D eigenvalue weighted by atomic mass is 9.81. The number of nitrogen functional groups attached to an aromatic ring is 1. The quantitative estimate of drug-likeness (QED) is 0.111. The zero-order valence-electron chi connectivity index (χ0n) is 22.5. The molecule has 11 nitrogen and oxygen atoms in total. The number of nitrogens with one attached hydrogen (secondary N) is 3. The number of carbonyl (C=O) groups is 2. The predicted octanol–water partition coefficient (Wildman–Crippen LogP) is 3.20. The first-order valence-corrected chi connectivity index (χ1v) is 12.1. The SMILES string of the molecule is C[C@H](O)C(=O)NCc1ccc(O)c(-c2cc(C(C)(C)C(N)=O)cc(-c3nc4ccc(C(=N)N)cc4[nH]3)c2O)c1.Cl.Cl. The largest absolute Gasteiger partial charge is 0.507 e. The molecular formula is C28H32Cl2N6O5. The van der Waals surface area contributed by atoms with E-state index in [1.807, 2.05) is 0 Å². The van der Waals surface area contributed by atoms with Crippen molar-refractivity contribution in [1.82, 2.24) is 15.3 Å². The number of phenolic OH excluding ortho intramolecular Hbond substituents is 2. The predicted molar refractivity (Wildman–Crippen MR) is 162 cm³/mol. The second kappa shape index (κ2) is 12.5. The third kappa shape index (κ3) is 6.54. The topological polar surface area (TPSA) is 211 Å². The van der Waals surface area contributed by atoms with E-state index in [0.717, 1.165) is 0 Å². The van der Waals surface area contributed by atoms with Gasteiger partial charge in [-0.3, -0.25) is 15.0 Å². The standard InChI is InChI=1S/C28H30N6O5.2ClH/c1-13(35)26(38)32-12-14-4-7-22(36)17(8-14)18-10-16(28(2,3)27(31)39)11-19(23(18)37)25-33-20-6-5-15(24(29)30)9-21(20)34-25;;/h4-11,13,35-37H,12H2,1-3H3,(H3,29,30)(H2,31,39)(H,32,38)(H,33,34);2*1H/t13-;;/m0../s1. The van der Waals surface area contributed by atoms with Crippen LogP contribution in [0.25, 0.3) is 33.5 Å². The molecule has 0 aliphatic rings. The van der Waals surface area contributed by atoms with Crippen LogP contribution < -0.4 is 16.8 Å². The lowest BCUT2D eigenvalue weighted by molar-refractivity contribution is -0.128. The second-order valence-electron chi connectivity index (χ2n) is 9.89. The molecule has 218 valence electrons. The van der Waals surface area contributed by atoms with Gasteiger partial charge in [-0.1, -0.05) is 6.07 Å². The van der Waals surface area contributed by atoms with Crippen LogP contribution in [0.3, 0.4) is 0 Å². The van der Waals surface area contributed by atoms with Crippen LogP contribution in [0.15, 0.2) is 48.5 Å². The number of aromatic amines is 1. The first kappa shape index (κ1) is 32.9. The van der Waals surface area contributed by atoms with Gasteiger partial charge in [0.1, 0.15) is 29.3 Å². The zero-order valence-corrected chi connectivity index (χ0v) is 24.1. The van der Waals surface area contributed by atoms with E-state index in [1.54, 1.807) is 56.3 Å². The van der Waals surface area contributed by atoms with E-state index >= 15 is 0 Å². The van der Waals surface area contributed by atoms with Crippen LogP contribution in [0.1, 0.15) is 37.5 Å². The molecule has 0 radical (unpaired) electrons. The van der Waals surface area contributed by atoms with Gasteiger partial charge < -0.3 is 37.1 Å². The van der Waals surface area contributed by atoms with Crippen molar-refractivity contribution in [3.05, 3.63) is 65.2 Å². The van der Waals surface area contributed by atoms with E-state index in [2.05, 4.69) is 15.3 Å². The van der Waals surface area contributed by atoms with Gasteiger partial charge in [0, 0.05) is 23.2 Å². The fourth-order valence-electron chi connectivity index (χ4n) is 4.07. The number of rotatable bonds is 8. The van der Waals surface area contributed by atoms with E-state index < -0.39 is 23.3 Å². The molecule has 4 rings (SSSR count). The molecule has 1 heterocycles. The molecule has 2 amide bonds. The summed E-state index contributed by atoms with van der Waals surface area (Å²) in [6.07, 6.45) is -1.18. The molecular weight excluding hydrogens is 571 g/mol. The first-order valence-electron chi connectivity index (χ1n) is 12.1. The summed E-state index contributed by atoms with van der Waals surface area (Å²) in [4.78, 5) is 31.9. The number of nitrogens with two attached hydrogens (primary N) is 2. The number of amidine groups is 1. The molecule has 0 aliphatic heterocycles. The van der Waals surface area contributed by atoms with Gasteiger partial charge in [-0.05, 0) is 74.4 Å². The highest BCUT2D eigenvalue weighted by Crippen LogP contribution is 2.44. The molecule has 0 bridgehead atoms. The molecule has 1 aromatic heterocycles. The second-order valence-corrected chi connectivity index (χ2v) is 9.89. The smallest absolute Gasteiger partial charge is 0.248 e. The maximum atomic E-state index is 12.4. The monoisotopic (exact) mass is 602 g/mol. The average molecular weight is 604 g/mol. The van der Waals surface area contributed by atoms with E-state index in [-0.39, 0.29) is 71.2 Å². The van der Waals surface area contributed by atoms with Gasteiger partial charge in [0.2, 0.25) is 11.8 Å². The van der Waals surface area contributed by atoms with Gasteiger partial charge in [-0.25, -0.2) is 4.98 Å². The summed E-state index contributed by atoms with van der Waals surface area (Å²) in [5.41, 5.74) is 13.6. The van der Waals surface area contributed by atoms with Gasteiger partial charge in [-0.15, -0.1) is 24.8 Å². The van der Waals surface area contributed by atoms with Crippen molar-refractivity contribution in [3.63, 3.8) is 0 Å². The van der Waals surface area contributed by atoms with Crippen LogP contribution in [-0.4, -0.2) is 49.0 Å². The zero-order chi connectivity index (χ0) is 28.6. The highest BCUT2D eigenvalue weighted by atomic mass is 35.5. The summed E-state index contributed by atoms with van der Waals surface area (Å²) >= 11 is 0. The van der Waals surface area contributed by atoms with Crippen LogP contribution in [0.4, 0.5) is 0 Å². The molecule has 0 aliphatic carbocycles. The number of aromatic hydroxyl groups is 2. The van der Waals surface area contributed by atoms with Crippen molar-refractivity contribution in [2.24, 2.45) is 11.5 Å². The van der Waals surface area contributed by atoms with Crippen LogP contribution in [0.2, 0.25) is 0 Å². The van der Waals surface area contributed by atoms with Crippen molar-refractivity contribution in [3.8, 4) is 34.0 Å². The lowest BCUT2D eigenvalue weighted by Crippen LogP contribution is -2.35. The Morgan fingerprint density at radius 3 is 2.29 bits per heavy atom. The number of benzene rings is 3. The third-order valence-corrected chi connectivity index (χ3v) is 6.69. The molecule has 10 N–H and O–H groups in total. The summed E-state index contributed by atoms with van der Waals surface area (Å²) in [5, 5.41) is 41.9. The Labute approximate surface area is 248 Å². The Balaban J connectivity index is 0.00000294. The normalized spacial score (nSPS) is 11.7. The number of H-pyrrole nitrogens is 1. The Bertz CT molecular complexity index is 1630. The molecule has 0 saturated heterocycles. The number of carbonyl (C=O) groups excluding carboxylic acids is 2. The van der Waals surface area contributed by atoms with E-state index in [0.29, 0.717) is 27.7 Å². The Hall–Kier alpha value is -4.32. The fraction of sp³-hybridized carbons (Fsp3) is 0.214. The summed E-state index contributed by atoms with van der Waals surface area (Å²) in [6.45, 7) is 4.71. The Kier molecular flexibility index (Phi) is 10.00. The number of imidazole rings is 1. The molecule has 0 spiro atoms.